The van der Waals surface area contributed by atoms with E-state index in [4.69, 9.17) is 11.5 Å². The van der Waals surface area contributed by atoms with Crippen LogP contribution in [-0.4, -0.2) is 30.2 Å². The highest BCUT2D eigenvalue weighted by molar-refractivity contribution is 5.81. The van der Waals surface area contributed by atoms with Crippen LogP contribution in [-0.2, 0) is 6.54 Å². The van der Waals surface area contributed by atoms with Crippen LogP contribution in [0.2, 0.25) is 0 Å². The molecule has 0 aromatic heterocycles. The lowest BCUT2D eigenvalue weighted by Gasteiger charge is -2.30. The minimum absolute atomic E-state index is 0.123. The van der Waals surface area contributed by atoms with Gasteiger partial charge in [-0.3, -0.25) is 4.90 Å². The molecule has 1 fully saturated rings. The van der Waals surface area contributed by atoms with Gasteiger partial charge in [-0.05, 0) is 36.9 Å². The van der Waals surface area contributed by atoms with E-state index in [9.17, 15) is 4.39 Å². The van der Waals surface area contributed by atoms with Gasteiger partial charge in [0.2, 0.25) is 5.96 Å². The molecule has 0 radical (unpaired) electrons. The zero-order valence-electron chi connectivity index (χ0n) is 12.3. The molecular weight excluding hydrogens is 269 g/mol. The number of nitrogens with two attached hydrogens (primary N) is 2. The summed E-state index contributed by atoms with van der Waals surface area (Å²) in [7, 11) is 0. The van der Waals surface area contributed by atoms with Crippen molar-refractivity contribution in [1.29, 1.82) is 0 Å². The summed E-state index contributed by atoms with van der Waals surface area (Å²) in [6.07, 6.45) is 3.88. The van der Waals surface area contributed by atoms with Gasteiger partial charge < -0.3 is 11.5 Å². The van der Waals surface area contributed by atoms with E-state index in [0.717, 1.165) is 13.1 Å². The monoisotopic (exact) mass is 291 g/mol. The van der Waals surface area contributed by atoms with Gasteiger partial charge in [0.15, 0.2) is 0 Å². The van der Waals surface area contributed by atoms with E-state index in [0.29, 0.717) is 23.6 Å². The molecule has 1 aliphatic heterocycles. The minimum Gasteiger partial charge on any atom is -0.369 e. The normalized spacial score (nSPS) is 19.8. The first kappa shape index (κ1) is 15.4. The molecule has 1 aromatic carbocycles. The predicted molar refractivity (Wildman–Crippen MR) is 83.5 cm³/mol. The first-order chi connectivity index (χ1) is 10.0. The number of guanidine groups is 1. The van der Waals surface area contributed by atoms with Gasteiger partial charge >= 0.3 is 0 Å². The lowest BCUT2D eigenvalue weighted by atomic mass is 9.99. The molecule has 114 valence electrons. The van der Waals surface area contributed by atoms with Crippen molar-refractivity contribution in [2.75, 3.05) is 13.1 Å². The quantitative estimate of drug-likeness (QED) is 0.503. The summed E-state index contributed by atoms with van der Waals surface area (Å²) in [5.74, 6) is 0.345. The number of rotatable bonds is 4. The maximum Gasteiger partial charge on any atom is 0.211 e. The molecule has 0 amide bonds. The molecule has 1 atom stereocenters. The lowest BCUT2D eigenvalue weighted by Crippen LogP contribution is -2.33. The highest BCUT2D eigenvalue weighted by atomic mass is 19.1. The van der Waals surface area contributed by atoms with Crippen LogP contribution in [0, 0.1) is 11.7 Å². The molecule has 1 aromatic rings. The molecule has 0 saturated carbocycles. The summed E-state index contributed by atoms with van der Waals surface area (Å²) in [6.45, 7) is 4.97. The van der Waals surface area contributed by atoms with Crippen LogP contribution in [0.1, 0.15) is 30.9 Å². The molecule has 1 unspecified atom stereocenters. The van der Waals surface area contributed by atoms with Crippen LogP contribution in [0.4, 0.5) is 4.39 Å². The van der Waals surface area contributed by atoms with E-state index in [-0.39, 0.29) is 11.8 Å². The molecule has 6 heteroatoms. The van der Waals surface area contributed by atoms with Crippen molar-refractivity contribution >= 4 is 12.2 Å². The maximum atomic E-state index is 14.1. The van der Waals surface area contributed by atoms with Gasteiger partial charge in [-0.25, -0.2) is 4.39 Å². The molecule has 0 bridgehead atoms. The molecule has 4 N–H and O–H groups in total. The third-order valence-electron chi connectivity index (χ3n) is 3.59. The second-order valence-electron chi connectivity index (χ2n) is 5.60. The SMILES string of the molecule is CC1CCCN(Cc2ccc(C=NN=C(N)N)cc2F)C1. The third kappa shape index (κ3) is 4.82. The Morgan fingerprint density at radius 2 is 2.29 bits per heavy atom. The van der Waals surface area contributed by atoms with Gasteiger partial charge in [-0.2, -0.15) is 5.10 Å². The van der Waals surface area contributed by atoms with Crippen molar-refractivity contribution < 1.29 is 4.39 Å². The van der Waals surface area contributed by atoms with Crippen LogP contribution in [0.3, 0.4) is 0 Å². The average molecular weight is 291 g/mol. The van der Waals surface area contributed by atoms with E-state index >= 15 is 0 Å². The molecular formula is C15H22FN5. The fourth-order valence-electron chi connectivity index (χ4n) is 2.61. The topological polar surface area (TPSA) is 80.0 Å². The second kappa shape index (κ2) is 7.17. The van der Waals surface area contributed by atoms with Gasteiger partial charge in [0, 0.05) is 18.7 Å². The number of piperidine rings is 1. The van der Waals surface area contributed by atoms with E-state index < -0.39 is 0 Å². The van der Waals surface area contributed by atoms with Crippen LogP contribution in [0.5, 0.6) is 0 Å². The largest absolute Gasteiger partial charge is 0.369 e. The van der Waals surface area contributed by atoms with E-state index in [2.05, 4.69) is 22.0 Å². The average Bonchev–Trinajstić information content (AvgIpc) is 2.41. The van der Waals surface area contributed by atoms with Crippen molar-refractivity contribution in [2.45, 2.75) is 26.3 Å². The van der Waals surface area contributed by atoms with Gasteiger partial charge in [0.05, 0.1) is 6.21 Å². The Kier molecular flexibility index (Phi) is 5.27. The number of hydrogen-bond donors (Lipinski definition) is 2. The number of likely N-dealkylation sites (tertiary alicyclic amines) is 1. The summed E-state index contributed by atoms with van der Waals surface area (Å²) in [5.41, 5.74) is 11.7. The molecule has 1 aliphatic rings. The Balaban J connectivity index is 2.02. The first-order valence-corrected chi connectivity index (χ1v) is 7.17. The van der Waals surface area contributed by atoms with Crippen molar-refractivity contribution in [3.63, 3.8) is 0 Å². The number of hydrogen-bond acceptors (Lipinski definition) is 3. The standard InChI is InChI=1S/C15H22FN5/c1-11-3-2-6-21(9-11)10-13-5-4-12(7-14(13)16)8-19-20-15(17)18/h4-5,7-8,11H,2-3,6,9-10H2,1H3,(H4,17,18,20). The fourth-order valence-corrected chi connectivity index (χ4v) is 2.61. The number of nitrogens with zero attached hydrogens (tertiary/aromatic N) is 3. The first-order valence-electron chi connectivity index (χ1n) is 7.17. The Hall–Kier alpha value is -1.95. The van der Waals surface area contributed by atoms with Crippen molar-refractivity contribution in [3.05, 3.63) is 35.1 Å². The summed E-state index contributed by atoms with van der Waals surface area (Å²) >= 11 is 0. The Morgan fingerprint density at radius 3 is 2.95 bits per heavy atom. The van der Waals surface area contributed by atoms with Gasteiger partial charge in [-0.15, -0.1) is 5.10 Å². The number of halogens is 1. The summed E-state index contributed by atoms with van der Waals surface area (Å²) in [5, 5.41) is 7.16. The molecule has 5 nitrogen and oxygen atoms in total. The highest BCUT2D eigenvalue weighted by Gasteiger charge is 2.17. The lowest BCUT2D eigenvalue weighted by molar-refractivity contribution is 0.175. The van der Waals surface area contributed by atoms with E-state index in [1.54, 1.807) is 6.07 Å². The summed E-state index contributed by atoms with van der Waals surface area (Å²) < 4.78 is 14.1. The van der Waals surface area contributed by atoms with Gasteiger partial charge in [0.1, 0.15) is 5.82 Å². The van der Waals surface area contributed by atoms with Crippen molar-refractivity contribution in [3.8, 4) is 0 Å². The Bertz CT molecular complexity index is 537. The Morgan fingerprint density at radius 1 is 1.48 bits per heavy atom. The smallest absolute Gasteiger partial charge is 0.211 e. The molecule has 0 aliphatic carbocycles. The van der Waals surface area contributed by atoms with Crippen LogP contribution in [0.25, 0.3) is 0 Å². The van der Waals surface area contributed by atoms with Crippen LogP contribution < -0.4 is 11.5 Å². The second-order valence-corrected chi connectivity index (χ2v) is 5.60. The zero-order valence-corrected chi connectivity index (χ0v) is 12.3. The number of benzene rings is 1. The van der Waals surface area contributed by atoms with Crippen molar-refractivity contribution in [2.24, 2.45) is 27.6 Å². The maximum absolute atomic E-state index is 14.1. The molecule has 2 rings (SSSR count). The highest BCUT2D eigenvalue weighted by Crippen LogP contribution is 2.19. The summed E-state index contributed by atoms with van der Waals surface area (Å²) in [6, 6.07) is 5.07. The zero-order chi connectivity index (χ0) is 15.2. The van der Waals surface area contributed by atoms with Gasteiger partial charge in [-0.1, -0.05) is 19.1 Å². The van der Waals surface area contributed by atoms with E-state index in [1.807, 2.05) is 6.07 Å². The molecule has 1 heterocycles. The molecule has 21 heavy (non-hydrogen) atoms. The summed E-state index contributed by atoms with van der Waals surface area (Å²) in [4.78, 5) is 2.31. The van der Waals surface area contributed by atoms with E-state index in [1.165, 1.54) is 25.1 Å². The van der Waals surface area contributed by atoms with Crippen molar-refractivity contribution in [1.82, 2.24) is 4.90 Å². The minimum atomic E-state index is -0.220. The van der Waals surface area contributed by atoms with Crippen LogP contribution >= 0.6 is 0 Å². The van der Waals surface area contributed by atoms with Crippen LogP contribution in [0.15, 0.2) is 28.4 Å². The van der Waals surface area contributed by atoms with Gasteiger partial charge in [0.25, 0.3) is 0 Å². The third-order valence-corrected chi connectivity index (χ3v) is 3.59. The molecule has 0 spiro atoms. The Labute approximate surface area is 124 Å². The molecule has 1 saturated heterocycles. The predicted octanol–water partition coefficient (Wildman–Crippen LogP) is 1.66. The fraction of sp³-hybridized carbons (Fsp3) is 0.467.